The molecule has 6 heteroatoms. The van der Waals surface area contributed by atoms with Gasteiger partial charge in [-0.15, -0.1) is 11.3 Å². The fourth-order valence-corrected chi connectivity index (χ4v) is 4.68. The third kappa shape index (κ3) is 4.89. The van der Waals surface area contributed by atoms with Crippen LogP contribution in [0.25, 0.3) is 0 Å². The average Bonchev–Trinajstić information content (AvgIpc) is 3.26. The van der Waals surface area contributed by atoms with Gasteiger partial charge < -0.3 is 15.4 Å². The SMILES string of the molecule is COc1cccc(CNC(=O)C(=O)NCC2(c3cccs3)CCCCC2)c1. The van der Waals surface area contributed by atoms with Crippen molar-refractivity contribution in [1.82, 2.24) is 10.6 Å². The molecule has 2 N–H and O–H groups in total. The number of ether oxygens (including phenoxy) is 1. The summed E-state index contributed by atoms with van der Waals surface area (Å²) >= 11 is 1.74. The number of hydrogen-bond acceptors (Lipinski definition) is 4. The Hall–Kier alpha value is -2.34. The third-order valence-electron chi connectivity index (χ3n) is 5.24. The van der Waals surface area contributed by atoms with Crippen molar-refractivity contribution in [1.29, 1.82) is 0 Å². The van der Waals surface area contributed by atoms with Gasteiger partial charge in [-0.3, -0.25) is 9.59 Å². The molecule has 27 heavy (non-hydrogen) atoms. The van der Waals surface area contributed by atoms with Gasteiger partial charge in [0.05, 0.1) is 7.11 Å². The van der Waals surface area contributed by atoms with Crippen LogP contribution in [-0.2, 0) is 21.5 Å². The molecule has 0 bridgehead atoms. The van der Waals surface area contributed by atoms with Gasteiger partial charge in [0, 0.05) is 23.4 Å². The first-order chi connectivity index (χ1) is 13.1. The van der Waals surface area contributed by atoms with E-state index in [1.54, 1.807) is 18.4 Å². The Morgan fingerprint density at radius 1 is 1.07 bits per heavy atom. The van der Waals surface area contributed by atoms with Gasteiger partial charge >= 0.3 is 11.8 Å². The first-order valence-electron chi connectivity index (χ1n) is 9.36. The van der Waals surface area contributed by atoms with Gasteiger partial charge in [-0.2, -0.15) is 0 Å². The molecule has 0 atom stereocenters. The third-order valence-corrected chi connectivity index (χ3v) is 6.35. The molecule has 1 aliphatic rings. The van der Waals surface area contributed by atoms with Gasteiger partial charge in [-0.1, -0.05) is 37.5 Å². The first-order valence-corrected chi connectivity index (χ1v) is 10.2. The van der Waals surface area contributed by atoms with Crippen molar-refractivity contribution in [2.75, 3.05) is 13.7 Å². The number of carbonyl (C=O) groups excluding carboxylic acids is 2. The summed E-state index contributed by atoms with van der Waals surface area (Å²) in [7, 11) is 1.60. The maximum Gasteiger partial charge on any atom is 0.309 e. The maximum absolute atomic E-state index is 12.3. The number of thiophene rings is 1. The lowest BCUT2D eigenvalue weighted by Crippen LogP contribution is -2.46. The summed E-state index contributed by atoms with van der Waals surface area (Å²) in [6.45, 7) is 0.804. The topological polar surface area (TPSA) is 67.4 Å². The lowest BCUT2D eigenvalue weighted by Gasteiger charge is -2.36. The molecular formula is C21H26N2O3S. The van der Waals surface area contributed by atoms with E-state index in [1.807, 2.05) is 24.3 Å². The van der Waals surface area contributed by atoms with Gasteiger partial charge in [0.2, 0.25) is 0 Å². The molecule has 0 spiro atoms. The van der Waals surface area contributed by atoms with E-state index in [-0.39, 0.29) is 5.41 Å². The van der Waals surface area contributed by atoms with Gasteiger partial charge in [0.25, 0.3) is 0 Å². The summed E-state index contributed by atoms with van der Waals surface area (Å²) < 4.78 is 5.17. The van der Waals surface area contributed by atoms with Crippen LogP contribution in [0.2, 0.25) is 0 Å². The van der Waals surface area contributed by atoms with Crippen molar-refractivity contribution in [3.05, 3.63) is 52.2 Å². The van der Waals surface area contributed by atoms with E-state index >= 15 is 0 Å². The second-order valence-electron chi connectivity index (χ2n) is 7.04. The van der Waals surface area contributed by atoms with Crippen molar-refractivity contribution < 1.29 is 14.3 Å². The van der Waals surface area contributed by atoms with Crippen molar-refractivity contribution in [2.45, 2.75) is 44.1 Å². The molecule has 1 aliphatic carbocycles. The molecule has 5 nitrogen and oxygen atoms in total. The molecule has 2 aromatic rings. The summed E-state index contributed by atoms with van der Waals surface area (Å²) in [6.07, 6.45) is 5.67. The Balaban J connectivity index is 1.55. The Labute approximate surface area is 164 Å². The minimum atomic E-state index is -0.602. The van der Waals surface area contributed by atoms with Crippen LogP contribution < -0.4 is 15.4 Å². The van der Waals surface area contributed by atoms with Gasteiger partial charge in [0.15, 0.2) is 0 Å². The van der Waals surface area contributed by atoms with Crippen LogP contribution >= 0.6 is 11.3 Å². The molecule has 0 saturated heterocycles. The Morgan fingerprint density at radius 3 is 2.56 bits per heavy atom. The van der Waals surface area contributed by atoms with Gasteiger partial charge in [0.1, 0.15) is 5.75 Å². The van der Waals surface area contributed by atoms with E-state index < -0.39 is 11.8 Å². The number of benzene rings is 1. The number of nitrogens with one attached hydrogen (secondary N) is 2. The average molecular weight is 387 g/mol. The van der Waals surface area contributed by atoms with Crippen molar-refractivity contribution in [3.63, 3.8) is 0 Å². The van der Waals surface area contributed by atoms with E-state index in [0.29, 0.717) is 13.1 Å². The molecule has 0 radical (unpaired) electrons. The molecule has 1 heterocycles. The van der Waals surface area contributed by atoms with Crippen LogP contribution in [0.5, 0.6) is 5.75 Å². The van der Waals surface area contributed by atoms with Crippen molar-refractivity contribution in [3.8, 4) is 5.75 Å². The standard InChI is InChI=1S/C21H26N2O3S/c1-26-17-8-5-7-16(13-17)14-22-19(24)20(25)23-15-21(10-3-2-4-11-21)18-9-6-12-27-18/h5-9,12-13H,2-4,10-11,14-15H2,1H3,(H,22,24)(H,23,25). The molecule has 1 fully saturated rings. The van der Waals surface area contributed by atoms with Crippen LogP contribution in [0.3, 0.4) is 0 Å². The maximum atomic E-state index is 12.3. The lowest BCUT2D eigenvalue weighted by molar-refractivity contribution is -0.139. The highest BCUT2D eigenvalue weighted by Crippen LogP contribution is 2.41. The molecule has 1 saturated carbocycles. The predicted molar refractivity (Wildman–Crippen MR) is 107 cm³/mol. The highest BCUT2D eigenvalue weighted by molar-refractivity contribution is 7.10. The Bertz CT molecular complexity index is 767. The molecule has 0 unspecified atom stereocenters. The normalized spacial score (nSPS) is 15.7. The van der Waals surface area contributed by atoms with Crippen LogP contribution in [0.1, 0.15) is 42.5 Å². The molecule has 2 amide bonds. The summed E-state index contributed by atoms with van der Waals surface area (Å²) in [5.74, 6) is -0.448. The van der Waals surface area contributed by atoms with Gasteiger partial charge in [-0.05, 0) is 42.0 Å². The molecular weight excluding hydrogens is 360 g/mol. The Kier molecular flexibility index (Phi) is 6.50. The van der Waals surface area contributed by atoms with Crippen LogP contribution in [0, 0.1) is 0 Å². The number of rotatable bonds is 6. The molecule has 1 aromatic heterocycles. The van der Waals surface area contributed by atoms with E-state index in [0.717, 1.165) is 37.0 Å². The fraction of sp³-hybridized carbons (Fsp3) is 0.429. The minimum absolute atomic E-state index is 0.0326. The van der Waals surface area contributed by atoms with E-state index in [9.17, 15) is 9.59 Å². The minimum Gasteiger partial charge on any atom is -0.497 e. The number of methoxy groups -OCH3 is 1. The number of carbonyl (C=O) groups is 2. The molecule has 0 aliphatic heterocycles. The van der Waals surface area contributed by atoms with Crippen LogP contribution in [0.4, 0.5) is 0 Å². The largest absolute Gasteiger partial charge is 0.497 e. The number of hydrogen-bond donors (Lipinski definition) is 2. The highest BCUT2D eigenvalue weighted by atomic mass is 32.1. The smallest absolute Gasteiger partial charge is 0.309 e. The summed E-state index contributed by atoms with van der Waals surface area (Å²) in [4.78, 5) is 25.8. The second kappa shape index (κ2) is 9.04. The van der Waals surface area contributed by atoms with Crippen molar-refractivity contribution >= 4 is 23.2 Å². The number of amides is 2. The van der Waals surface area contributed by atoms with E-state index in [2.05, 4.69) is 28.1 Å². The monoisotopic (exact) mass is 386 g/mol. The molecule has 3 rings (SSSR count). The summed E-state index contributed by atoms with van der Waals surface area (Å²) in [5, 5.41) is 7.63. The van der Waals surface area contributed by atoms with Crippen LogP contribution in [-0.4, -0.2) is 25.5 Å². The zero-order valence-corrected chi connectivity index (χ0v) is 16.4. The van der Waals surface area contributed by atoms with E-state index in [4.69, 9.17) is 4.74 Å². The lowest BCUT2D eigenvalue weighted by atomic mass is 9.73. The van der Waals surface area contributed by atoms with Gasteiger partial charge in [-0.25, -0.2) is 0 Å². The van der Waals surface area contributed by atoms with Crippen molar-refractivity contribution in [2.24, 2.45) is 0 Å². The molecule has 1 aromatic carbocycles. The van der Waals surface area contributed by atoms with Crippen LogP contribution in [0.15, 0.2) is 41.8 Å². The Morgan fingerprint density at radius 2 is 1.85 bits per heavy atom. The highest BCUT2D eigenvalue weighted by Gasteiger charge is 2.35. The fourth-order valence-electron chi connectivity index (χ4n) is 3.69. The quantitative estimate of drug-likeness (QED) is 0.748. The van der Waals surface area contributed by atoms with E-state index in [1.165, 1.54) is 11.3 Å². The first kappa shape index (κ1) is 19.4. The molecule has 144 valence electrons. The second-order valence-corrected chi connectivity index (χ2v) is 7.98. The zero-order chi connectivity index (χ0) is 19.1. The summed E-state index contributed by atoms with van der Waals surface area (Å²) in [6, 6.07) is 11.6. The summed E-state index contributed by atoms with van der Waals surface area (Å²) in [5.41, 5.74) is 0.854. The predicted octanol–water partition coefficient (Wildman–Crippen LogP) is 3.39. The zero-order valence-electron chi connectivity index (χ0n) is 15.6.